The lowest BCUT2D eigenvalue weighted by Crippen LogP contribution is -2.35. The zero-order valence-electron chi connectivity index (χ0n) is 15.4. The van der Waals surface area contributed by atoms with Gasteiger partial charge in [-0.05, 0) is 62.8 Å². The normalized spacial score (nSPS) is 20.1. The van der Waals surface area contributed by atoms with Crippen LogP contribution < -0.4 is 0 Å². The summed E-state index contributed by atoms with van der Waals surface area (Å²) >= 11 is 0. The standard InChI is InChI=1S/C22H27NO2.CH4/c1-16-8-6-11-19(14-16)25-21(24)22(2,3)18-10-7-9-17(15-18)20-12-4-5-13-23-20;/h4-5,7,9-10,12-13,15-16,19H,6,8,11,14H2,1-3H3;1H4. The minimum Gasteiger partial charge on any atom is -0.462 e. The molecule has 0 aliphatic heterocycles. The topological polar surface area (TPSA) is 39.2 Å². The number of nitrogens with zero attached hydrogens (tertiary/aromatic N) is 1. The fourth-order valence-electron chi connectivity index (χ4n) is 3.50. The van der Waals surface area contributed by atoms with E-state index in [-0.39, 0.29) is 19.5 Å². The van der Waals surface area contributed by atoms with Crippen LogP contribution in [0.3, 0.4) is 0 Å². The average Bonchev–Trinajstić information content (AvgIpc) is 2.62. The van der Waals surface area contributed by atoms with Crippen molar-refractivity contribution in [1.82, 2.24) is 4.98 Å². The number of aromatic nitrogens is 1. The van der Waals surface area contributed by atoms with E-state index in [1.54, 1.807) is 6.20 Å². The highest BCUT2D eigenvalue weighted by atomic mass is 16.5. The van der Waals surface area contributed by atoms with E-state index in [0.717, 1.165) is 36.1 Å². The largest absolute Gasteiger partial charge is 0.462 e. The van der Waals surface area contributed by atoms with E-state index in [4.69, 9.17) is 4.74 Å². The van der Waals surface area contributed by atoms with Gasteiger partial charge in [0.1, 0.15) is 6.10 Å². The second-order valence-electron chi connectivity index (χ2n) is 7.72. The number of rotatable bonds is 4. The first-order valence-electron chi connectivity index (χ1n) is 9.20. The fourth-order valence-corrected chi connectivity index (χ4v) is 3.50. The van der Waals surface area contributed by atoms with E-state index in [1.165, 1.54) is 6.42 Å². The van der Waals surface area contributed by atoms with Gasteiger partial charge in [-0.1, -0.05) is 45.0 Å². The predicted molar refractivity (Wildman–Crippen MR) is 107 cm³/mol. The van der Waals surface area contributed by atoms with Crippen molar-refractivity contribution in [3.8, 4) is 11.3 Å². The van der Waals surface area contributed by atoms with Gasteiger partial charge in [-0.2, -0.15) is 0 Å². The lowest BCUT2D eigenvalue weighted by Gasteiger charge is -2.31. The Morgan fingerprint density at radius 3 is 2.65 bits per heavy atom. The van der Waals surface area contributed by atoms with Crippen LogP contribution in [0.5, 0.6) is 0 Å². The molecular weight excluding hydrogens is 322 g/mol. The Morgan fingerprint density at radius 2 is 1.96 bits per heavy atom. The van der Waals surface area contributed by atoms with Crippen LogP contribution >= 0.6 is 0 Å². The molecule has 3 nitrogen and oxygen atoms in total. The van der Waals surface area contributed by atoms with Gasteiger partial charge < -0.3 is 4.74 Å². The monoisotopic (exact) mass is 353 g/mol. The molecule has 0 N–H and O–H groups in total. The van der Waals surface area contributed by atoms with E-state index in [2.05, 4.69) is 11.9 Å². The van der Waals surface area contributed by atoms with E-state index < -0.39 is 5.41 Å². The molecule has 0 saturated heterocycles. The van der Waals surface area contributed by atoms with Gasteiger partial charge in [0, 0.05) is 11.8 Å². The van der Waals surface area contributed by atoms with E-state index in [9.17, 15) is 4.79 Å². The van der Waals surface area contributed by atoms with Crippen LogP contribution in [0.25, 0.3) is 11.3 Å². The molecular formula is C23H31NO2. The third-order valence-electron chi connectivity index (χ3n) is 5.22. The Balaban J connectivity index is 0.00000243. The second kappa shape index (κ2) is 8.48. The van der Waals surface area contributed by atoms with Gasteiger partial charge in [0.2, 0.25) is 0 Å². The first-order chi connectivity index (χ1) is 12.0. The number of hydrogen-bond acceptors (Lipinski definition) is 3. The van der Waals surface area contributed by atoms with Crippen molar-refractivity contribution in [2.45, 2.75) is 65.4 Å². The maximum Gasteiger partial charge on any atom is 0.316 e. The van der Waals surface area contributed by atoms with E-state index >= 15 is 0 Å². The molecule has 0 radical (unpaired) electrons. The zero-order chi connectivity index (χ0) is 17.9. The lowest BCUT2D eigenvalue weighted by atomic mass is 9.83. The lowest BCUT2D eigenvalue weighted by molar-refractivity contribution is -0.157. The smallest absolute Gasteiger partial charge is 0.316 e. The van der Waals surface area contributed by atoms with Crippen molar-refractivity contribution in [2.75, 3.05) is 0 Å². The molecule has 2 atom stereocenters. The Kier molecular flexibility index (Phi) is 6.57. The molecule has 1 aliphatic rings. The average molecular weight is 354 g/mol. The summed E-state index contributed by atoms with van der Waals surface area (Å²) in [6.07, 6.45) is 6.20. The summed E-state index contributed by atoms with van der Waals surface area (Å²) in [5.41, 5.74) is 2.22. The molecule has 140 valence electrons. The summed E-state index contributed by atoms with van der Waals surface area (Å²) in [6.45, 7) is 6.12. The first-order valence-corrected chi connectivity index (χ1v) is 9.20. The number of carbonyl (C=O) groups excluding carboxylic acids is 1. The van der Waals surface area contributed by atoms with Gasteiger partial charge in [-0.25, -0.2) is 0 Å². The summed E-state index contributed by atoms with van der Waals surface area (Å²) in [7, 11) is 0. The summed E-state index contributed by atoms with van der Waals surface area (Å²) in [5, 5.41) is 0. The maximum absolute atomic E-state index is 12.9. The van der Waals surface area contributed by atoms with Gasteiger partial charge >= 0.3 is 5.97 Å². The third kappa shape index (κ3) is 4.51. The minimum absolute atomic E-state index is 0. The third-order valence-corrected chi connectivity index (χ3v) is 5.22. The zero-order valence-corrected chi connectivity index (χ0v) is 15.4. The number of hydrogen-bond donors (Lipinski definition) is 0. The molecule has 1 saturated carbocycles. The highest BCUT2D eigenvalue weighted by Gasteiger charge is 2.34. The van der Waals surface area contributed by atoms with Gasteiger partial charge in [0.05, 0.1) is 11.1 Å². The number of pyridine rings is 1. The second-order valence-corrected chi connectivity index (χ2v) is 7.72. The molecule has 0 bridgehead atoms. The van der Waals surface area contributed by atoms with Crippen molar-refractivity contribution < 1.29 is 9.53 Å². The molecule has 1 aromatic carbocycles. The fraction of sp³-hybridized carbons (Fsp3) is 0.478. The van der Waals surface area contributed by atoms with Gasteiger partial charge in [-0.3, -0.25) is 9.78 Å². The van der Waals surface area contributed by atoms with Crippen LogP contribution in [0.1, 0.15) is 59.4 Å². The molecule has 1 fully saturated rings. The van der Waals surface area contributed by atoms with Crippen LogP contribution in [0.15, 0.2) is 48.7 Å². The van der Waals surface area contributed by atoms with Gasteiger partial charge in [-0.15, -0.1) is 0 Å². The quantitative estimate of drug-likeness (QED) is 0.654. The van der Waals surface area contributed by atoms with Crippen molar-refractivity contribution in [1.29, 1.82) is 0 Å². The molecule has 1 aromatic heterocycles. The highest BCUT2D eigenvalue weighted by molar-refractivity contribution is 5.83. The van der Waals surface area contributed by atoms with Crippen LogP contribution in [-0.4, -0.2) is 17.1 Å². The highest BCUT2D eigenvalue weighted by Crippen LogP contribution is 2.31. The van der Waals surface area contributed by atoms with Crippen molar-refractivity contribution in [3.63, 3.8) is 0 Å². The maximum atomic E-state index is 12.9. The van der Waals surface area contributed by atoms with Gasteiger partial charge in [0.25, 0.3) is 0 Å². The Morgan fingerprint density at radius 1 is 1.15 bits per heavy atom. The number of esters is 1. The molecule has 1 heterocycles. The van der Waals surface area contributed by atoms with Crippen molar-refractivity contribution in [2.24, 2.45) is 5.92 Å². The summed E-state index contributed by atoms with van der Waals surface area (Å²) in [5.74, 6) is 0.506. The van der Waals surface area contributed by atoms with Crippen LogP contribution in [-0.2, 0) is 14.9 Å². The summed E-state index contributed by atoms with van der Waals surface area (Å²) in [4.78, 5) is 17.3. The molecule has 0 amide bonds. The van der Waals surface area contributed by atoms with E-state index in [0.29, 0.717) is 5.92 Å². The van der Waals surface area contributed by atoms with Crippen LogP contribution in [0.4, 0.5) is 0 Å². The molecule has 2 aromatic rings. The summed E-state index contributed by atoms with van der Waals surface area (Å²) in [6, 6.07) is 13.9. The Hall–Kier alpha value is -2.16. The number of ether oxygens (including phenoxy) is 1. The number of benzene rings is 1. The molecule has 3 rings (SSSR count). The Labute approximate surface area is 157 Å². The number of carbonyl (C=O) groups is 1. The molecule has 2 unspecified atom stereocenters. The van der Waals surface area contributed by atoms with Crippen molar-refractivity contribution >= 4 is 5.97 Å². The predicted octanol–water partition coefficient (Wildman–Crippen LogP) is 5.78. The first kappa shape index (κ1) is 20.2. The SMILES string of the molecule is C.CC1CCCC(OC(=O)C(C)(C)c2cccc(-c3ccccn3)c2)C1. The summed E-state index contributed by atoms with van der Waals surface area (Å²) < 4.78 is 5.87. The molecule has 26 heavy (non-hydrogen) atoms. The molecule has 1 aliphatic carbocycles. The van der Waals surface area contributed by atoms with Crippen molar-refractivity contribution in [3.05, 3.63) is 54.2 Å². The van der Waals surface area contributed by atoms with E-state index in [1.807, 2.05) is 56.3 Å². The van der Waals surface area contributed by atoms with Crippen LogP contribution in [0, 0.1) is 5.92 Å². The van der Waals surface area contributed by atoms with Gasteiger partial charge in [0.15, 0.2) is 0 Å². The molecule has 3 heteroatoms. The minimum atomic E-state index is -0.675. The van der Waals surface area contributed by atoms with Crippen LogP contribution in [0.2, 0.25) is 0 Å². The molecule has 0 spiro atoms. The Bertz CT molecular complexity index is 724.